The van der Waals surface area contributed by atoms with Crippen molar-refractivity contribution in [2.45, 2.75) is 76.7 Å². The lowest BCUT2D eigenvalue weighted by atomic mass is 9.78. The lowest BCUT2D eigenvalue weighted by Crippen LogP contribution is -2.28. The van der Waals surface area contributed by atoms with E-state index in [0.29, 0.717) is 35.0 Å². The highest BCUT2D eigenvalue weighted by Crippen LogP contribution is 2.45. The van der Waals surface area contributed by atoms with Crippen molar-refractivity contribution in [3.8, 4) is 5.75 Å². The topological polar surface area (TPSA) is 78.1 Å². The molecule has 4 rings (SSSR count). The van der Waals surface area contributed by atoms with E-state index in [1.807, 2.05) is 6.92 Å². The molecule has 0 spiro atoms. The van der Waals surface area contributed by atoms with E-state index in [1.165, 1.54) is 12.8 Å². The predicted octanol–water partition coefficient (Wildman–Crippen LogP) is 4.72. The molecule has 2 aromatic heterocycles. The molecule has 0 saturated heterocycles. The van der Waals surface area contributed by atoms with E-state index >= 15 is 0 Å². The van der Waals surface area contributed by atoms with Gasteiger partial charge in [-0.05, 0) is 38.0 Å². The van der Waals surface area contributed by atoms with Crippen molar-refractivity contribution in [3.63, 3.8) is 0 Å². The number of pyridine rings is 1. The monoisotopic (exact) mass is 401 g/mol. The first kappa shape index (κ1) is 20.0. The summed E-state index contributed by atoms with van der Waals surface area (Å²) < 4.78 is 23.9. The van der Waals surface area contributed by atoms with Gasteiger partial charge in [0, 0.05) is 36.6 Å². The third-order valence-electron chi connectivity index (χ3n) is 5.80. The van der Waals surface area contributed by atoms with Gasteiger partial charge in [-0.2, -0.15) is 4.98 Å². The highest BCUT2D eigenvalue weighted by Gasteiger charge is 2.40. The van der Waals surface area contributed by atoms with Gasteiger partial charge in [0.25, 0.3) is 0 Å². The number of ether oxygens (including phenoxy) is 1. The number of aromatic nitrogens is 3. The molecule has 0 amide bonds. The third kappa shape index (κ3) is 4.65. The molecule has 2 unspecified atom stereocenters. The van der Waals surface area contributed by atoms with Gasteiger partial charge in [0.1, 0.15) is 24.2 Å². The van der Waals surface area contributed by atoms with Crippen LogP contribution in [0.3, 0.4) is 0 Å². The summed E-state index contributed by atoms with van der Waals surface area (Å²) in [5.41, 5.74) is 0.814. The molecule has 2 aromatic rings. The summed E-state index contributed by atoms with van der Waals surface area (Å²) in [5.74, 6) is 2.56. The number of nitrogens with zero attached hydrogens (tertiary/aromatic N) is 3. The quantitative estimate of drug-likeness (QED) is 0.536. The number of ketones is 1. The number of Topliss-reactive ketones (excluding diaryl/α,β-unsaturated/α-hetero) is 1. The summed E-state index contributed by atoms with van der Waals surface area (Å²) in [6.07, 6.45) is 6.76. The van der Waals surface area contributed by atoms with Gasteiger partial charge >= 0.3 is 0 Å². The maximum atomic E-state index is 13.2. The van der Waals surface area contributed by atoms with E-state index in [9.17, 15) is 9.18 Å². The second kappa shape index (κ2) is 7.84. The Hall–Kier alpha value is -2.31. The van der Waals surface area contributed by atoms with Crippen LogP contribution >= 0.6 is 0 Å². The Morgan fingerprint density at radius 1 is 1.38 bits per heavy atom. The molecule has 2 heterocycles. The third-order valence-corrected chi connectivity index (χ3v) is 5.80. The maximum absolute atomic E-state index is 13.2. The first-order chi connectivity index (χ1) is 13.9. The van der Waals surface area contributed by atoms with Crippen molar-refractivity contribution in [2.24, 2.45) is 5.92 Å². The van der Waals surface area contributed by atoms with Crippen LogP contribution < -0.4 is 4.74 Å². The first-order valence-electron chi connectivity index (χ1n) is 10.4. The Morgan fingerprint density at radius 2 is 2.14 bits per heavy atom. The summed E-state index contributed by atoms with van der Waals surface area (Å²) >= 11 is 0. The van der Waals surface area contributed by atoms with Gasteiger partial charge in [-0.15, -0.1) is 0 Å². The Bertz CT molecular complexity index is 891. The Morgan fingerprint density at radius 3 is 2.72 bits per heavy atom. The molecule has 0 bridgehead atoms. The highest BCUT2D eigenvalue weighted by atomic mass is 19.1. The highest BCUT2D eigenvalue weighted by molar-refractivity contribution is 5.95. The van der Waals surface area contributed by atoms with E-state index in [-0.39, 0.29) is 12.2 Å². The number of rotatable bonds is 10. The summed E-state index contributed by atoms with van der Waals surface area (Å²) in [5, 5.41) is 4.10. The van der Waals surface area contributed by atoms with Crippen LogP contribution in [0.15, 0.2) is 16.8 Å². The number of aryl methyl sites for hydroxylation is 1. The zero-order chi connectivity index (χ0) is 20.6. The largest absolute Gasteiger partial charge is 0.488 e. The van der Waals surface area contributed by atoms with Crippen molar-refractivity contribution in [3.05, 3.63) is 35.2 Å². The number of alkyl halides is 1. The number of carbonyl (C=O) groups excluding carboxylic acids is 1. The molecule has 2 saturated carbocycles. The van der Waals surface area contributed by atoms with E-state index in [2.05, 4.69) is 15.1 Å². The molecular weight excluding hydrogens is 373 g/mol. The van der Waals surface area contributed by atoms with Gasteiger partial charge in [0.05, 0.1) is 0 Å². The Balaban J connectivity index is 1.58. The average molecular weight is 401 g/mol. The summed E-state index contributed by atoms with van der Waals surface area (Å²) in [7, 11) is 0. The molecule has 2 atom stereocenters. The van der Waals surface area contributed by atoms with Crippen LogP contribution in [-0.4, -0.2) is 33.7 Å². The molecule has 2 fully saturated rings. The number of halogens is 1. The van der Waals surface area contributed by atoms with E-state index in [0.717, 1.165) is 24.8 Å². The van der Waals surface area contributed by atoms with Crippen molar-refractivity contribution < 1.29 is 18.4 Å². The van der Waals surface area contributed by atoms with Crippen molar-refractivity contribution in [2.75, 3.05) is 6.67 Å². The van der Waals surface area contributed by atoms with Crippen LogP contribution in [0.2, 0.25) is 0 Å². The summed E-state index contributed by atoms with van der Waals surface area (Å²) in [4.78, 5) is 22.0. The van der Waals surface area contributed by atoms with E-state index in [4.69, 9.17) is 9.26 Å². The van der Waals surface area contributed by atoms with Gasteiger partial charge < -0.3 is 9.26 Å². The van der Waals surface area contributed by atoms with Crippen molar-refractivity contribution in [1.29, 1.82) is 0 Å². The molecule has 0 aromatic carbocycles. The minimum Gasteiger partial charge on any atom is -0.488 e. The molecule has 2 aliphatic carbocycles. The standard InChI is InChI=1S/C22H28FN3O3/c1-13(11-23)28-20-8-18(24-12-17(20)16-6-7-16)19(27)10-22(3,9-15-4-5-15)21-25-14(2)29-26-21/h8,12-13,15-16H,4-7,9-11H2,1-3H3. The zero-order valence-electron chi connectivity index (χ0n) is 17.3. The van der Waals surface area contributed by atoms with Crippen LogP contribution in [0.25, 0.3) is 0 Å². The Labute approximate surface area is 170 Å². The molecule has 156 valence electrons. The molecule has 0 aliphatic heterocycles. The van der Waals surface area contributed by atoms with Gasteiger partial charge in [0.15, 0.2) is 11.6 Å². The van der Waals surface area contributed by atoms with Crippen LogP contribution in [0.1, 0.15) is 86.1 Å². The number of carbonyl (C=O) groups is 1. The second-order valence-corrected chi connectivity index (χ2v) is 8.91. The molecular formula is C22H28FN3O3. The van der Waals surface area contributed by atoms with Crippen LogP contribution in [0, 0.1) is 12.8 Å². The molecule has 6 nitrogen and oxygen atoms in total. The van der Waals surface area contributed by atoms with Gasteiger partial charge in [-0.1, -0.05) is 24.9 Å². The van der Waals surface area contributed by atoms with Gasteiger partial charge in [-0.25, -0.2) is 4.39 Å². The maximum Gasteiger partial charge on any atom is 0.223 e. The smallest absolute Gasteiger partial charge is 0.223 e. The molecule has 0 N–H and O–H groups in total. The normalized spacial score (nSPS) is 19.6. The molecule has 0 radical (unpaired) electrons. The predicted molar refractivity (Wildman–Crippen MR) is 105 cm³/mol. The lowest BCUT2D eigenvalue weighted by molar-refractivity contribution is 0.0938. The van der Waals surface area contributed by atoms with E-state index in [1.54, 1.807) is 26.1 Å². The van der Waals surface area contributed by atoms with Crippen molar-refractivity contribution >= 4 is 5.78 Å². The van der Waals surface area contributed by atoms with E-state index < -0.39 is 18.2 Å². The molecule has 7 heteroatoms. The fourth-order valence-corrected chi connectivity index (χ4v) is 3.84. The van der Waals surface area contributed by atoms with Crippen LogP contribution in [0.5, 0.6) is 5.75 Å². The fraction of sp³-hybridized carbons (Fsp3) is 0.636. The minimum atomic E-state index is -0.577. The zero-order valence-corrected chi connectivity index (χ0v) is 17.3. The van der Waals surface area contributed by atoms with Crippen LogP contribution in [-0.2, 0) is 5.41 Å². The first-order valence-corrected chi connectivity index (χ1v) is 10.4. The minimum absolute atomic E-state index is 0.0873. The summed E-state index contributed by atoms with van der Waals surface area (Å²) in [6.45, 7) is 4.88. The molecule has 2 aliphatic rings. The number of hydrogen-bond donors (Lipinski definition) is 0. The van der Waals surface area contributed by atoms with Crippen molar-refractivity contribution in [1.82, 2.24) is 15.1 Å². The average Bonchev–Trinajstić information content (AvgIpc) is 3.62. The number of hydrogen-bond acceptors (Lipinski definition) is 6. The van der Waals surface area contributed by atoms with Gasteiger partial charge in [-0.3, -0.25) is 9.78 Å². The fourth-order valence-electron chi connectivity index (χ4n) is 3.84. The van der Waals surface area contributed by atoms with Crippen LogP contribution in [0.4, 0.5) is 4.39 Å². The lowest BCUT2D eigenvalue weighted by Gasteiger charge is -2.25. The molecule has 29 heavy (non-hydrogen) atoms. The second-order valence-electron chi connectivity index (χ2n) is 8.91. The SMILES string of the molecule is Cc1nc(C(C)(CC(=O)c2cc(OC(C)CF)c(C3CC3)cn2)CC2CC2)no1. The summed E-state index contributed by atoms with van der Waals surface area (Å²) in [6, 6.07) is 1.68. The van der Waals surface area contributed by atoms with Gasteiger partial charge in [0.2, 0.25) is 5.89 Å². The Kier molecular flexibility index (Phi) is 5.40.